The van der Waals surface area contributed by atoms with E-state index in [1.54, 1.807) is 12.1 Å². The molecule has 0 bridgehead atoms. The molecule has 0 radical (unpaired) electrons. The maximum Gasteiger partial charge on any atom is 0.224 e. The Morgan fingerprint density at radius 2 is 1.95 bits per heavy atom. The minimum atomic E-state index is -0.288. The number of anilines is 1. The molecule has 0 heterocycles. The Bertz CT molecular complexity index is 452. The van der Waals surface area contributed by atoms with Gasteiger partial charge in [-0.1, -0.05) is 27.2 Å². The molecule has 1 aromatic rings. The lowest BCUT2D eigenvalue weighted by molar-refractivity contribution is -0.122. The van der Waals surface area contributed by atoms with Gasteiger partial charge in [-0.15, -0.1) is 0 Å². The Morgan fingerprint density at radius 1 is 1.32 bits per heavy atom. The first-order valence-electron chi connectivity index (χ1n) is 6.99. The topological polar surface area (TPSA) is 29.1 Å². The molecular weight excluding hydrogens is 241 g/mol. The second-order valence-corrected chi connectivity index (χ2v) is 6.12. The fourth-order valence-corrected chi connectivity index (χ4v) is 3.13. The molecule has 1 saturated carbocycles. The van der Waals surface area contributed by atoms with Crippen LogP contribution < -0.4 is 5.32 Å². The van der Waals surface area contributed by atoms with Crippen LogP contribution in [-0.2, 0) is 4.79 Å². The first-order chi connectivity index (χ1) is 8.93. The SMILES string of the molecule is CC[C@@H]1C[C@H](CC(=O)Nc2ccc(F)cc2)C1(C)C. The Hall–Kier alpha value is -1.38. The van der Waals surface area contributed by atoms with Gasteiger partial charge in [-0.3, -0.25) is 4.79 Å². The Balaban J connectivity index is 1.87. The van der Waals surface area contributed by atoms with E-state index in [9.17, 15) is 9.18 Å². The van der Waals surface area contributed by atoms with Crippen molar-refractivity contribution in [3.05, 3.63) is 30.1 Å². The van der Waals surface area contributed by atoms with Crippen molar-refractivity contribution in [2.75, 3.05) is 5.32 Å². The highest BCUT2D eigenvalue weighted by molar-refractivity contribution is 5.90. The zero-order valence-electron chi connectivity index (χ0n) is 11.9. The molecule has 1 amide bonds. The van der Waals surface area contributed by atoms with E-state index in [1.807, 2.05) is 0 Å². The van der Waals surface area contributed by atoms with Crippen LogP contribution in [0.3, 0.4) is 0 Å². The molecule has 2 atom stereocenters. The molecule has 104 valence electrons. The van der Waals surface area contributed by atoms with Crippen molar-refractivity contribution >= 4 is 11.6 Å². The number of carbonyl (C=O) groups is 1. The van der Waals surface area contributed by atoms with Crippen LogP contribution >= 0.6 is 0 Å². The third kappa shape index (κ3) is 2.96. The zero-order chi connectivity index (χ0) is 14.0. The summed E-state index contributed by atoms with van der Waals surface area (Å²) in [5.74, 6) is 0.928. The summed E-state index contributed by atoms with van der Waals surface area (Å²) in [7, 11) is 0. The van der Waals surface area contributed by atoms with E-state index in [0.717, 1.165) is 12.3 Å². The van der Waals surface area contributed by atoms with Crippen LogP contribution in [0.4, 0.5) is 10.1 Å². The first-order valence-corrected chi connectivity index (χ1v) is 6.99. The number of benzene rings is 1. The van der Waals surface area contributed by atoms with Gasteiger partial charge in [0.25, 0.3) is 0 Å². The largest absolute Gasteiger partial charge is 0.326 e. The summed E-state index contributed by atoms with van der Waals surface area (Å²) in [5.41, 5.74) is 0.921. The van der Waals surface area contributed by atoms with Crippen LogP contribution in [0.5, 0.6) is 0 Å². The highest BCUT2D eigenvalue weighted by atomic mass is 19.1. The normalized spacial score (nSPS) is 24.6. The predicted octanol–water partition coefficient (Wildman–Crippen LogP) is 4.23. The highest BCUT2D eigenvalue weighted by Crippen LogP contribution is 2.54. The van der Waals surface area contributed by atoms with Crippen molar-refractivity contribution < 1.29 is 9.18 Å². The molecule has 1 aliphatic rings. The summed E-state index contributed by atoms with van der Waals surface area (Å²) in [6, 6.07) is 5.90. The number of rotatable bonds is 4. The summed E-state index contributed by atoms with van der Waals surface area (Å²) in [4.78, 5) is 12.0. The van der Waals surface area contributed by atoms with E-state index < -0.39 is 0 Å². The lowest BCUT2D eigenvalue weighted by atomic mass is 9.53. The smallest absolute Gasteiger partial charge is 0.224 e. The van der Waals surface area contributed by atoms with Crippen molar-refractivity contribution in [1.29, 1.82) is 0 Å². The van der Waals surface area contributed by atoms with Gasteiger partial charge < -0.3 is 5.32 Å². The second-order valence-electron chi connectivity index (χ2n) is 6.12. The number of nitrogens with one attached hydrogen (secondary N) is 1. The molecule has 19 heavy (non-hydrogen) atoms. The van der Waals surface area contributed by atoms with Crippen molar-refractivity contribution in [3.63, 3.8) is 0 Å². The van der Waals surface area contributed by atoms with Crippen LogP contribution in [0, 0.1) is 23.1 Å². The van der Waals surface area contributed by atoms with Crippen molar-refractivity contribution in [1.82, 2.24) is 0 Å². The standard InChI is InChI=1S/C16H22FNO/c1-4-11-9-12(16(11,2)3)10-15(19)18-14-7-5-13(17)6-8-14/h5-8,11-12H,4,9-10H2,1-3H3,(H,18,19)/t11-,12-/m1/s1. The van der Waals surface area contributed by atoms with Crippen LogP contribution in [0.25, 0.3) is 0 Å². The van der Waals surface area contributed by atoms with Gasteiger partial charge in [-0.25, -0.2) is 4.39 Å². The maximum atomic E-state index is 12.8. The van der Waals surface area contributed by atoms with Crippen LogP contribution in [0.1, 0.15) is 40.0 Å². The number of carbonyl (C=O) groups excluding carboxylic acids is 1. The number of amides is 1. The molecule has 2 nitrogen and oxygen atoms in total. The van der Waals surface area contributed by atoms with E-state index in [1.165, 1.54) is 18.6 Å². The molecule has 1 aliphatic carbocycles. The van der Waals surface area contributed by atoms with E-state index in [2.05, 4.69) is 26.1 Å². The molecular formula is C16H22FNO. The third-order valence-electron chi connectivity index (χ3n) is 4.73. The van der Waals surface area contributed by atoms with E-state index >= 15 is 0 Å². The van der Waals surface area contributed by atoms with E-state index in [4.69, 9.17) is 0 Å². The van der Waals surface area contributed by atoms with Crippen LogP contribution in [-0.4, -0.2) is 5.91 Å². The van der Waals surface area contributed by atoms with Gasteiger partial charge in [0.05, 0.1) is 0 Å². The number of hydrogen-bond donors (Lipinski definition) is 1. The summed E-state index contributed by atoms with van der Waals surface area (Å²) < 4.78 is 12.8. The van der Waals surface area contributed by atoms with Gasteiger partial charge in [0, 0.05) is 12.1 Å². The maximum absolute atomic E-state index is 12.8. The zero-order valence-corrected chi connectivity index (χ0v) is 11.9. The molecule has 1 fully saturated rings. The van der Waals surface area contributed by atoms with Crippen LogP contribution in [0.15, 0.2) is 24.3 Å². The van der Waals surface area contributed by atoms with Gasteiger partial charge in [-0.05, 0) is 47.9 Å². The fraction of sp³-hybridized carbons (Fsp3) is 0.562. The number of hydrogen-bond acceptors (Lipinski definition) is 1. The monoisotopic (exact) mass is 263 g/mol. The Morgan fingerprint density at radius 3 is 2.47 bits per heavy atom. The molecule has 2 rings (SSSR count). The Kier molecular flexibility index (Phi) is 3.93. The molecule has 0 saturated heterocycles. The van der Waals surface area contributed by atoms with Gasteiger partial charge in [0.1, 0.15) is 5.82 Å². The minimum Gasteiger partial charge on any atom is -0.326 e. The molecule has 0 unspecified atom stereocenters. The average molecular weight is 263 g/mol. The molecule has 0 spiro atoms. The lowest BCUT2D eigenvalue weighted by Gasteiger charge is -2.52. The summed E-state index contributed by atoms with van der Waals surface area (Å²) >= 11 is 0. The van der Waals surface area contributed by atoms with E-state index in [-0.39, 0.29) is 17.1 Å². The highest BCUT2D eigenvalue weighted by Gasteiger charge is 2.47. The predicted molar refractivity (Wildman–Crippen MR) is 75.3 cm³/mol. The molecule has 1 aromatic carbocycles. The van der Waals surface area contributed by atoms with Gasteiger partial charge in [0.2, 0.25) is 5.91 Å². The van der Waals surface area contributed by atoms with Gasteiger partial charge >= 0.3 is 0 Å². The molecule has 0 aromatic heterocycles. The van der Waals surface area contributed by atoms with Crippen molar-refractivity contribution in [2.24, 2.45) is 17.3 Å². The van der Waals surface area contributed by atoms with Crippen molar-refractivity contribution in [3.8, 4) is 0 Å². The number of halogens is 1. The quantitative estimate of drug-likeness (QED) is 0.865. The lowest BCUT2D eigenvalue weighted by Crippen LogP contribution is -2.45. The second kappa shape index (κ2) is 5.32. The fourth-order valence-electron chi connectivity index (χ4n) is 3.13. The van der Waals surface area contributed by atoms with E-state index in [0.29, 0.717) is 18.0 Å². The Labute approximate surface area is 114 Å². The van der Waals surface area contributed by atoms with Crippen molar-refractivity contribution in [2.45, 2.75) is 40.0 Å². The molecule has 3 heteroatoms. The minimum absolute atomic E-state index is 0.0271. The summed E-state index contributed by atoms with van der Waals surface area (Å²) in [5, 5.41) is 2.83. The summed E-state index contributed by atoms with van der Waals surface area (Å²) in [6.45, 7) is 6.71. The van der Waals surface area contributed by atoms with Gasteiger partial charge in [-0.2, -0.15) is 0 Å². The third-order valence-corrected chi connectivity index (χ3v) is 4.73. The average Bonchev–Trinajstić information content (AvgIpc) is 2.37. The molecule has 0 aliphatic heterocycles. The van der Waals surface area contributed by atoms with Crippen LogP contribution in [0.2, 0.25) is 0 Å². The summed E-state index contributed by atoms with van der Waals surface area (Å²) in [6.07, 6.45) is 2.88. The molecule has 1 N–H and O–H groups in total. The van der Waals surface area contributed by atoms with Gasteiger partial charge in [0.15, 0.2) is 0 Å². The first kappa shape index (κ1) is 14.0.